The second kappa shape index (κ2) is 8.01. The molecule has 3 heteroatoms. The van der Waals surface area contributed by atoms with E-state index in [0.717, 1.165) is 37.2 Å². The maximum atomic E-state index is 6.38. The van der Waals surface area contributed by atoms with E-state index in [9.17, 15) is 0 Å². The number of nitrogens with zero attached hydrogens (tertiary/aromatic N) is 1. The normalized spacial score (nSPS) is 21.0. The molecule has 1 heterocycles. The van der Waals surface area contributed by atoms with Gasteiger partial charge in [-0.3, -0.25) is 4.90 Å². The van der Waals surface area contributed by atoms with Crippen LogP contribution in [0.2, 0.25) is 0 Å². The smallest absolute Gasteiger partial charge is 0.0577 e. The number of benzene rings is 2. The van der Waals surface area contributed by atoms with Crippen LogP contribution in [0, 0.1) is 11.8 Å². The summed E-state index contributed by atoms with van der Waals surface area (Å²) in [4.78, 5) is 2.35. The predicted molar refractivity (Wildman–Crippen MR) is 100 cm³/mol. The summed E-state index contributed by atoms with van der Waals surface area (Å²) in [7, 11) is 0. The van der Waals surface area contributed by atoms with Gasteiger partial charge in [-0.25, -0.2) is 0 Å². The Kier molecular flexibility index (Phi) is 5.53. The van der Waals surface area contributed by atoms with Crippen LogP contribution in [-0.2, 0) is 0 Å². The maximum absolute atomic E-state index is 6.38. The van der Waals surface area contributed by atoms with Crippen molar-refractivity contribution < 1.29 is 0 Å². The molecule has 3 rings (SSSR count). The van der Waals surface area contributed by atoms with Gasteiger partial charge in [0.05, 0.1) is 6.17 Å². The van der Waals surface area contributed by atoms with Crippen molar-refractivity contribution >= 4 is 5.69 Å². The first-order valence-electron chi connectivity index (χ1n) is 8.61. The highest BCUT2D eigenvalue weighted by Crippen LogP contribution is 2.29. The van der Waals surface area contributed by atoms with Crippen molar-refractivity contribution in [3.63, 3.8) is 0 Å². The molecule has 1 aliphatic rings. The number of piperidine rings is 1. The number of rotatable bonds is 3. The first-order chi connectivity index (χ1) is 11.7. The average molecular weight is 319 g/mol. The van der Waals surface area contributed by atoms with Gasteiger partial charge in [0, 0.05) is 30.8 Å². The van der Waals surface area contributed by atoms with E-state index in [4.69, 9.17) is 11.5 Å². The topological polar surface area (TPSA) is 55.3 Å². The molecule has 0 amide bonds. The van der Waals surface area contributed by atoms with Crippen LogP contribution in [0.4, 0.5) is 5.69 Å². The molecule has 1 aliphatic heterocycles. The molecule has 2 aromatic carbocycles. The van der Waals surface area contributed by atoms with Crippen LogP contribution < -0.4 is 11.5 Å². The fourth-order valence-corrected chi connectivity index (χ4v) is 3.33. The lowest BCUT2D eigenvalue weighted by Gasteiger charge is -2.37. The molecule has 2 atom stereocenters. The lowest BCUT2D eigenvalue weighted by Crippen LogP contribution is -2.47. The first-order valence-corrected chi connectivity index (χ1v) is 8.61. The highest BCUT2D eigenvalue weighted by molar-refractivity contribution is 5.46. The predicted octanol–water partition coefficient (Wildman–Crippen LogP) is 3.17. The lowest BCUT2D eigenvalue weighted by molar-refractivity contribution is 0.141. The molecule has 1 fully saturated rings. The van der Waals surface area contributed by atoms with E-state index < -0.39 is 0 Å². The van der Waals surface area contributed by atoms with Crippen LogP contribution in [0.3, 0.4) is 0 Å². The van der Waals surface area contributed by atoms with Gasteiger partial charge in [-0.1, -0.05) is 48.2 Å². The fraction of sp³-hybridized carbons (Fsp3) is 0.333. The molecule has 0 bridgehead atoms. The van der Waals surface area contributed by atoms with Crippen molar-refractivity contribution in [2.45, 2.75) is 31.3 Å². The summed E-state index contributed by atoms with van der Waals surface area (Å²) >= 11 is 0. The van der Waals surface area contributed by atoms with E-state index >= 15 is 0 Å². The number of likely N-dealkylation sites (tertiary alicyclic amines) is 1. The Morgan fingerprint density at radius 2 is 1.92 bits per heavy atom. The van der Waals surface area contributed by atoms with Crippen molar-refractivity contribution in [3.05, 3.63) is 65.7 Å². The average Bonchev–Trinajstić information content (AvgIpc) is 2.60. The Morgan fingerprint density at radius 3 is 2.67 bits per heavy atom. The van der Waals surface area contributed by atoms with Crippen LogP contribution in [0.5, 0.6) is 0 Å². The molecule has 124 valence electrons. The third-order valence-electron chi connectivity index (χ3n) is 4.67. The van der Waals surface area contributed by atoms with E-state index in [1.54, 1.807) is 0 Å². The van der Waals surface area contributed by atoms with Crippen molar-refractivity contribution in [2.75, 3.05) is 18.8 Å². The highest BCUT2D eigenvalue weighted by atomic mass is 15.2. The number of nitrogen functional groups attached to an aromatic ring is 1. The zero-order chi connectivity index (χ0) is 16.8. The highest BCUT2D eigenvalue weighted by Gasteiger charge is 2.26. The van der Waals surface area contributed by atoms with Gasteiger partial charge >= 0.3 is 0 Å². The van der Waals surface area contributed by atoms with Gasteiger partial charge in [0.2, 0.25) is 0 Å². The summed E-state index contributed by atoms with van der Waals surface area (Å²) in [5, 5.41) is 0. The van der Waals surface area contributed by atoms with Gasteiger partial charge in [-0.2, -0.15) is 0 Å². The van der Waals surface area contributed by atoms with Gasteiger partial charge in [-0.15, -0.1) is 0 Å². The quantitative estimate of drug-likeness (QED) is 0.675. The Hall–Kier alpha value is -2.28. The molecule has 1 saturated heterocycles. The van der Waals surface area contributed by atoms with E-state index in [2.05, 4.69) is 47.1 Å². The summed E-state index contributed by atoms with van der Waals surface area (Å²) in [6.45, 7) is 1.97. The van der Waals surface area contributed by atoms with Crippen LogP contribution in [-0.4, -0.2) is 24.2 Å². The minimum atomic E-state index is 0.123. The Labute approximate surface area is 144 Å². The van der Waals surface area contributed by atoms with E-state index in [1.807, 2.05) is 24.3 Å². The summed E-state index contributed by atoms with van der Waals surface area (Å²) in [6.07, 6.45) is 3.14. The van der Waals surface area contributed by atoms with Crippen molar-refractivity contribution in [2.24, 2.45) is 5.73 Å². The van der Waals surface area contributed by atoms with Crippen molar-refractivity contribution in [1.29, 1.82) is 0 Å². The summed E-state index contributed by atoms with van der Waals surface area (Å²) in [5.74, 6) is 6.99. The van der Waals surface area contributed by atoms with Crippen LogP contribution in [0.15, 0.2) is 54.6 Å². The largest absolute Gasteiger partial charge is 0.399 e. The molecule has 0 saturated carbocycles. The Balaban J connectivity index is 1.49. The van der Waals surface area contributed by atoms with E-state index in [0.29, 0.717) is 5.92 Å². The van der Waals surface area contributed by atoms with Crippen molar-refractivity contribution in [1.82, 2.24) is 4.90 Å². The van der Waals surface area contributed by atoms with Crippen LogP contribution in [0.1, 0.15) is 36.3 Å². The van der Waals surface area contributed by atoms with E-state index in [1.165, 1.54) is 12.0 Å². The zero-order valence-electron chi connectivity index (χ0n) is 14.0. The standard InChI is InChI=1S/C21H25N3/c22-20-11-6-8-17(15-20)7-4-5-13-24-14-12-19(16-21(24)23)18-9-2-1-3-10-18/h1-3,6,8-11,15,19,21H,5,12-14,16,22-23H2. The Bertz CT molecular complexity index is 715. The number of nitrogens with two attached hydrogens (primary N) is 2. The molecule has 0 aliphatic carbocycles. The van der Waals surface area contributed by atoms with Crippen LogP contribution in [0.25, 0.3) is 0 Å². The molecular formula is C21H25N3. The SMILES string of the molecule is Nc1cccc(C#CCCN2CCC(c3ccccc3)CC2N)c1. The number of anilines is 1. The van der Waals surface area contributed by atoms with Gasteiger partial charge in [0.1, 0.15) is 0 Å². The second-order valence-electron chi connectivity index (χ2n) is 6.41. The van der Waals surface area contributed by atoms with E-state index in [-0.39, 0.29) is 6.17 Å². The van der Waals surface area contributed by atoms with Gasteiger partial charge in [0.25, 0.3) is 0 Å². The molecular weight excluding hydrogens is 294 g/mol. The summed E-state index contributed by atoms with van der Waals surface area (Å²) < 4.78 is 0. The monoisotopic (exact) mass is 319 g/mol. The molecule has 24 heavy (non-hydrogen) atoms. The van der Waals surface area contributed by atoms with Gasteiger partial charge in [0.15, 0.2) is 0 Å². The maximum Gasteiger partial charge on any atom is 0.0577 e. The van der Waals surface area contributed by atoms with Crippen LogP contribution >= 0.6 is 0 Å². The molecule has 2 aromatic rings. The Morgan fingerprint density at radius 1 is 1.08 bits per heavy atom. The molecule has 0 aromatic heterocycles. The second-order valence-corrected chi connectivity index (χ2v) is 6.41. The third-order valence-corrected chi connectivity index (χ3v) is 4.67. The van der Waals surface area contributed by atoms with Gasteiger partial charge in [-0.05, 0) is 42.5 Å². The summed E-state index contributed by atoms with van der Waals surface area (Å²) in [5.41, 5.74) is 15.3. The fourth-order valence-electron chi connectivity index (χ4n) is 3.33. The van der Waals surface area contributed by atoms with Gasteiger partial charge < -0.3 is 11.5 Å². The first kappa shape index (κ1) is 16.6. The lowest BCUT2D eigenvalue weighted by atomic mass is 9.88. The zero-order valence-corrected chi connectivity index (χ0v) is 14.0. The number of hydrogen-bond acceptors (Lipinski definition) is 3. The minimum absolute atomic E-state index is 0.123. The third kappa shape index (κ3) is 4.38. The molecule has 3 nitrogen and oxygen atoms in total. The summed E-state index contributed by atoms with van der Waals surface area (Å²) in [6, 6.07) is 18.4. The molecule has 4 N–H and O–H groups in total. The molecule has 0 spiro atoms. The molecule has 2 unspecified atom stereocenters. The van der Waals surface area contributed by atoms with Crippen molar-refractivity contribution in [3.8, 4) is 11.8 Å². The molecule has 0 radical (unpaired) electrons. The number of hydrogen-bond donors (Lipinski definition) is 2. The minimum Gasteiger partial charge on any atom is -0.399 e.